The van der Waals surface area contributed by atoms with Crippen LogP contribution in [0, 0.1) is 5.41 Å². The first-order valence-corrected chi connectivity index (χ1v) is 7.39. The van der Waals surface area contributed by atoms with E-state index in [1.54, 1.807) is 19.4 Å². The molecule has 1 rings (SSSR count). The summed E-state index contributed by atoms with van der Waals surface area (Å²) in [5.74, 6) is -1.46. The molecule has 0 aliphatic rings. The minimum Gasteiger partial charge on any atom is -0.481 e. The summed E-state index contributed by atoms with van der Waals surface area (Å²) in [6.45, 7) is 3.71. The lowest BCUT2D eigenvalue weighted by molar-refractivity contribution is -0.139. The molecule has 116 valence electrons. The summed E-state index contributed by atoms with van der Waals surface area (Å²) in [5.41, 5.74) is 1.90. The van der Waals surface area contributed by atoms with Crippen LogP contribution < -0.4 is 10.6 Å². The summed E-state index contributed by atoms with van der Waals surface area (Å²) in [4.78, 5) is 37.9. The lowest BCUT2D eigenvalue weighted by Gasteiger charge is -2.21. The second-order valence-corrected chi connectivity index (χ2v) is 6.16. The number of nitrogens with zero attached hydrogens (tertiary/aromatic N) is 1. The van der Waals surface area contributed by atoms with E-state index in [9.17, 15) is 14.4 Å². The summed E-state index contributed by atoms with van der Waals surface area (Å²) in [5, 5.41) is 15.4. The SMILES string of the molecule is CC(C)(CC(=O)O)CC(=O)NC(=O)NCCc1cscn1. The maximum Gasteiger partial charge on any atom is 0.321 e. The molecule has 1 heterocycles. The molecule has 1 aromatic rings. The van der Waals surface area contributed by atoms with Gasteiger partial charge < -0.3 is 10.4 Å². The number of carbonyl (C=O) groups is 3. The van der Waals surface area contributed by atoms with Gasteiger partial charge in [-0.05, 0) is 5.41 Å². The molecule has 0 aliphatic carbocycles. The standard InChI is InChI=1S/C13H19N3O4S/c1-13(2,6-11(18)19)5-10(17)16-12(20)14-4-3-9-7-21-8-15-9/h7-8H,3-6H2,1-2H3,(H,18,19)(H2,14,16,17,20). The highest BCUT2D eigenvalue weighted by atomic mass is 32.1. The zero-order valence-electron chi connectivity index (χ0n) is 12.0. The fraction of sp³-hybridized carbons (Fsp3) is 0.538. The van der Waals surface area contributed by atoms with Crippen molar-refractivity contribution in [1.29, 1.82) is 0 Å². The Labute approximate surface area is 126 Å². The van der Waals surface area contributed by atoms with Gasteiger partial charge in [0.2, 0.25) is 5.91 Å². The highest BCUT2D eigenvalue weighted by molar-refractivity contribution is 7.07. The van der Waals surface area contributed by atoms with Crippen molar-refractivity contribution in [3.05, 3.63) is 16.6 Å². The lowest BCUT2D eigenvalue weighted by Crippen LogP contribution is -2.41. The molecular weight excluding hydrogens is 294 g/mol. The largest absolute Gasteiger partial charge is 0.481 e. The van der Waals surface area contributed by atoms with Crippen LogP contribution in [-0.4, -0.2) is 34.5 Å². The monoisotopic (exact) mass is 313 g/mol. The molecule has 0 saturated heterocycles. The molecule has 0 aliphatic heterocycles. The van der Waals surface area contributed by atoms with Crippen molar-refractivity contribution in [2.24, 2.45) is 5.41 Å². The van der Waals surface area contributed by atoms with Crippen molar-refractivity contribution in [2.75, 3.05) is 6.54 Å². The number of hydrogen-bond acceptors (Lipinski definition) is 5. The molecule has 21 heavy (non-hydrogen) atoms. The van der Waals surface area contributed by atoms with Crippen LogP contribution in [0.25, 0.3) is 0 Å². The third-order valence-electron chi connectivity index (χ3n) is 2.67. The van der Waals surface area contributed by atoms with Gasteiger partial charge in [0.15, 0.2) is 0 Å². The summed E-state index contributed by atoms with van der Waals surface area (Å²) < 4.78 is 0. The van der Waals surface area contributed by atoms with Crippen molar-refractivity contribution in [3.63, 3.8) is 0 Å². The second kappa shape index (κ2) is 7.72. The number of hydrogen-bond donors (Lipinski definition) is 3. The number of carboxylic acids is 1. The normalized spacial score (nSPS) is 11.0. The van der Waals surface area contributed by atoms with Crippen LogP contribution in [0.1, 0.15) is 32.4 Å². The smallest absolute Gasteiger partial charge is 0.321 e. The Morgan fingerprint density at radius 1 is 1.33 bits per heavy atom. The summed E-state index contributed by atoms with van der Waals surface area (Å²) in [6, 6.07) is -0.582. The van der Waals surface area contributed by atoms with Crippen LogP contribution in [0.5, 0.6) is 0 Å². The average Bonchev–Trinajstić information content (AvgIpc) is 2.78. The van der Waals surface area contributed by atoms with E-state index in [1.165, 1.54) is 11.3 Å². The predicted octanol–water partition coefficient (Wildman–Crippen LogP) is 1.40. The van der Waals surface area contributed by atoms with E-state index in [2.05, 4.69) is 15.6 Å². The zero-order valence-corrected chi connectivity index (χ0v) is 12.8. The molecular formula is C13H19N3O4S. The van der Waals surface area contributed by atoms with Gasteiger partial charge in [-0.15, -0.1) is 11.3 Å². The molecule has 3 N–H and O–H groups in total. The van der Waals surface area contributed by atoms with Crippen molar-refractivity contribution in [2.45, 2.75) is 33.1 Å². The van der Waals surface area contributed by atoms with E-state index in [0.717, 1.165) is 5.69 Å². The number of aromatic nitrogens is 1. The third kappa shape index (κ3) is 7.40. The molecule has 0 bridgehead atoms. The van der Waals surface area contributed by atoms with E-state index < -0.39 is 23.3 Å². The molecule has 0 atom stereocenters. The van der Waals surface area contributed by atoms with Gasteiger partial charge in [0.25, 0.3) is 0 Å². The molecule has 8 heteroatoms. The maximum atomic E-state index is 11.7. The molecule has 0 saturated carbocycles. The van der Waals surface area contributed by atoms with Crippen LogP contribution >= 0.6 is 11.3 Å². The third-order valence-corrected chi connectivity index (χ3v) is 3.31. The Balaban J connectivity index is 2.27. The predicted molar refractivity (Wildman–Crippen MR) is 78.0 cm³/mol. The number of nitrogens with one attached hydrogen (secondary N) is 2. The van der Waals surface area contributed by atoms with Gasteiger partial charge in [-0.3, -0.25) is 14.9 Å². The Bertz CT molecular complexity index is 500. The quantitative estimate of drug-likeness (QED) is 0.705. The molecule has 1 aromatic heterocycles. The molecule has 3 amide bonds. The molecule has 0 aromatic carbocycles. The average molecular weight is 313 g/mol. The van der Waals surface area contributed by atoms with Crippen LogP contribution in [-0.2, 0) is 16.0 Å². The van der Waals surface area contributed by atoms with Gasteiger partial charge in [0, 0.05) is 24.8 Å². The summed E-state index contributed by atoms with van der Waals surface area (Å²) in [6.07, 6.45) is 0.431. The first-order chi connectivity index (χ1) is 9.78. The van der Waals surface area contributed by atoms with E-state index in [4.69, 9.17) is 5.11 Å². The Morgan fingerprint density at radius 2 is 2.05 bits per heavy atom. The van der Waals surface area contributed by atoms with Crippen LogP contribution in [0.2, 0.25) is 0 Å². The van der Waals surface area contributed by atoms with E-state index in [0.29, 0.717) is 13.0 Å². The number of rotatable bonds is 7. The fourth-order valence-corrected chi connectivity index (χ4v) is 2.38. The van der Waals surface area contributed by atoms with Crippen LogP contribution in [0.4, 0.5) is 4.79 Å². The second-order valence-electron chi connectivity index (χ2n) is 5.45. The van der Waals surface area contributed by atoms with E-state index in [-0.39, 0.29) is 12.8 Å². The van der Waals surface area contributed by atoms with Crippen LogP contribution in [0.15, 0.2) is 10.9 Å². The number of amides is 3. The fourth-order valence-electron chi connectivity index (χ4n) is 1.79. The molecule has 0 radical (unpaired) electrons. The van der Waals surface area contributed by atoms with E-state index >= 15 is 0 Å². The number of thiazole rings is 1. The molecule has 0 unspecified atom stereocenters. The zero-order chi connectivity index (χ0) is 15.9. The Hall–Kier alpha value is -1.96. The number of imide groups is 1. The topological polar surface area (TPSA) is 108 Å². The van der Waals surface area contributed by atoms with Gasteiger partial charge in [-0.2, -0.15) is 0 Å². The lowest BCUT2D eigenvalue weighted by atomic mass is 9.85. The Kier molecular flexibility index (Phi) is 6.29. The molecule has 0 fully saturated rings. The van der Waals surface area contributed by atoms with Gasteiger partial charge in [0.1, 0.15) is 0 Å². The van der Waals surface area contributed by atoms with Crippen molar-refractivity contribution in [3.8, 4) is 0 Å². The number of aliphatic carboxylic acids is 1. The Morgan fingerprint density at radius 3 is 2.62 bits per heavy atom. The molecule has 0 spiro atoms. The summed E-state index contributed by atoms with van der Waals surface area (Å²) in [7, 11) is 0. The minimum absolute atomic E-state index is 0.0290. The molecule has 7 nitrogen and oxygen atoms in total. The number of carbonyl (C=O) groups excluding carboxylic acids is 2. The highest BCUT2D eigenvalue weighted by Crippen LogP contribution is 2.24. The number of urea groups is 1. The van der Waals surface area contributed by atoms with Gasteiger partial charge >= 0.3 is 12.0 Å². The first-order valence-electron chi connectivity index (χ1n) is 6.45. The van der Waals surface area contributed by atoms with Crippen molar-refractivity contribution in [1.82, 2.24) is 15.6 Å². The first kappa shape index (κ1) is 17.1. The van der Waals surface area contributed by atoms with Crippen molar-refractivity contribution < 1.29 is 19.5 Å². The van der Waals surface area contributed by atoms with Gasteiger partial charge in [0.05, 0.1) is 17.6 Å². The van der Waals surface area contributed by atoms with E-state index in [1.807, 2.05) is 5.38 Å². The van der Waals surface area contributed by atoms with Crippen molar-refractivity contribution >= 4 is 29.2 Å². The number of carboxylic acid groups (broad SMARTS) is 1. The maximum absolute atomic E-state index is 11.7. The van der Waals surface area contributed by atoms with Gasteiger partial charge in [-0.25, -0.2) is 9.78 Å². The highest BCUT2D eigenvalue weighted by Gasteiger charge is 2.25. The van der Waals surface area contributed by atoms with Gasteiger partial charge in [-0.1, -0.05) is 13.8 Å². The minimum atomic E-state index is -0.972. The van der Waals surface area contributed by atoms with Crippen LogP contribution in [0.3, 0.4) is 0 Å². The summed E-state index contributed by atoms with van der Waals surface area (Å²) >= 11 is 1.48.